The quantitative estimate of drug-likeness (QED) is 0.292. The van der Waals surface area contributed by atoms with Crippen molar-refractivity contribution in [2.45, 2.75) is 12.4 Å². The summed E-state index contributed by atoms with van der Waals surface area (Å²) in [5.41, 5.74) is -4.71. The van der Waals surface area contributed by atoms with Crippen LogP contribution in [0.15, 0.2) is 46.0 Å². The van der Waals surface area contributed by atoms with Gasteiger partial charge in [-0.15, -0.1) is 0 Å². The van der Waals surface area contributed by atoms with E-state index < -0.39 is 35.1 Å². The van der Waals surface area contributed by atoms with E-state index in [1.807, 2.05) is 0 Å². The molecule has 0 unspecified atom stereocenters. The first kappa shape index (κ1) is 26.7. The predicted octanol–water partition coefficient (Wildman–Crippen LogP) is 1.82. The minimum absolute atomic E-state index is 0. The molecule has 168 valence electrons. The SMILES string of the molecule is O=c1nc(C(F)(F)F)c2cc(Cl)ccc2[n-]1.O=c1nc2ccc(Cl)cc2c(C(F)(F)F)[nH]1.[Li+]. The minimum atomic E-state index is -4.70. The molecule has 0 saturated carbocycles. The number of nitrogens with one attached hydrogen (secondary N) is 1. The van der Waals surface area contributed by atoms with Crippen molar-refractivity contribution in [2.75, 3.05) is 0 Å². The molecule has 33 heavy (non-hydrogen) atoms. The standard InChI is InChI=1S/2C9H4ClF3N2O.Li/c2*10-4-1-2-6-5(3-4)7(9(11,12)13)15-8(16)14-6;/h2*1-3H,(H,14,15,16);/q;;+1/p-1. The Kier molecular flexibility index (Phi) is 7.91. The molecule has 0 aliphatic rings. The van der Waals surface area contributed by atoms with Crippen LogP contribution < -0.4 is 35.2 Å². The first-order valence-corrected chi connectivity index (χ1v) is 8.99. The topological polar surface area (TPSA) is 89.8 Å². The van der Waals surface area contributed by atoms with Crippen LogP contribution in [0.25, 0.3) is 21.8 Å². The molecule has 2 heterocycles. The molecule has 0 atom stereocenters. The molecule has 2 aromatic carbocycles. The van der Waals surface area contributed by atoms with Gasteiger partial charge >= 0.3 is 36.9 Å². The first-order chi connectivity index (χ1) is 14.8. The monoisotopic (exact) mass is 502 g/mol. The number of fused-ring (bicyclic) bond motifs is 2. The molecule has 6 nitrogen and oxygen atoms in total. The Morgan fingerprint density at radius 1 is 0.818 bits per heavy atom. The summed E-state index contributed by atoms with van der Waals surface area (Å²) >= 11 is 11.2. The van der Waals surface area contributed by atoms with Gasteiger partial charge in [-0.3, -0.25) is 4.79 Å². The van der Waals surface area contributed by atoms with E-state index in [1.54, 1.807) is 4.98 Å². The van der Waals surface area contributed by atoms with Gasteiger partial charge in [0.05, 0.1) is 11.2 Å². The third-order valence-corrected chi connectivity index (χ3v) is 4.34. The minimum Gasteiger partial charge on any atom is -0.400 e. The number of aromatic amines is 1. The number of aromatic nitrogens is 4. The predicted molar refractivity (Wildman–Crippen MR) is 104 cm³/mol. The summed E-state index contributed by atoms with van der Waals surface area (Å²) in [6, 6.07) is 7.44. The van der Waals surface area contributed by atoms with Gasteiger partial charge < -0.3 is 15.0 Å². The normalized spacial score (nSPS) is 11.6. The summed E-state index contributed by atoms with van der Waals surface area (Å²) in [6.45, 7) is 0. The number of alkyl halides is 6. The van der Waals surface area contributed by atoms with Crippen LogP contribution in [0, 0.1) is 0 Å². The molecule has 0 fully saturated rings. The van der Waals surface area contributed by atoms with Gasteiger partial charge in [-0.05, 0) is 41.2 Å². The Labute approximate surface area is 201 Å². The van der Waals surface area contributed by atoms with Crippen molar-refractivity contribution in [1.82, 2.24) is 19.9 Å². The van der Waals surface area contributed by atoms with E-state index in [0.717, 1.165) is 12.1 Å². The summed E-state index contributed by atoms with van der Waals surface area (Å²) in [6.07, 6.45) is -9.35. The van der Waals surface area contributed by atoms with Crippen LogP contribution >= 0.6 is 23.2 Å². The molecular weight excluding hydrogens is 496 g/mol. The fourth-order valence-corrected chi connectivity index (χ4v) is 2.98. The smallest absolute Gasteiger partial charge is 0.400 e. The Hall–Kier alpha value is -2.52. The van der Waals surface area contributed by atoms with Crippen LogP contribution in [-0.2, 0) is 12.4 Å². The summed E-state index contributed by atoms with van der Waals surface area (Å²) in [5, 5.41) is -0.230. The van der Waals surface area contributed by atoms with Crippen molar-refractivity contribution in [3.63, 3.8) is 0 Å². The maximum Gasteiger partial charge on any atom is 1.00 e. The van der Waals surface area contributed by atoms with Gasteiger partial charge in [0, 0.05) is 15.4 Å². The van der Waals surface area contributed by atoms with E-state index in [0.29, 0.717) is 0 Å². The zero-order valence-electron chi connectivity index (χ0n) is 16.1. The Balaban J connectivity index is 0.000000227. The van der Waals surface area contributed by atoms with Gasteiger partial charge in [0.2, 0.25) is 0 Å². The number of nitrogens with zero attached hydrogens (tertiary/aromatic N) is 3. The Bertz CT molecular complexity index is 1330. The van der Waals surface area contributed by atoms with Crippen molar-refractivity contribution in [2.24, 2.45) is 0 Å². The Morgan fingerprint density at radius 3 is 1.97 bits per heavy atom. The van der Waals surface area contributed by atoms with Crippen molar-refractivity contribution in [3.8, 4) is 0 Å². The fraction of sp³-hybridized carbons (Fsp3) is 0.111. The average Bonchev–Trinajstić information content (AvgIpc) is 2.66. The summed E-state index contributed by atoms with van der Waals surface area (Å²) in [5.74, 6) is 0. The number of H-pyrrole nitrogens is 1. The van der Waals surface area contributed by atoms with Crippen LogP contribution in [0.5, 0.6) is 0 Å². The van der Waals surface area contributed by atoms with E-state index >= 15 is 0 Å². The molecule has 0 aliphatic heterocycles. The summed E-state index contributed by atoms with van der Waals surface area (Å²) in [7, 11) is 0. The van der Waals surface area contributed by atoms with Gasteiger partial charge in [-0.25, -0.2) is 4.79 Å². The van der Waals surface area contributed by atoms with Crippen LogP contribution in [0.3, 0.4) is 0 Å². The average molecular weight is 503 g/mol. The van der Waals surface area contributed by atoms with Crippen LogP contribution in [-0.4, -0.2) is 15.0 Å². The summed E-state index contributed by atoms with van der Waals surface area (Å²) < 4.78 is 75.4. The third-order valence-electron chi connectivity index (χ3n) is 3.87. The van der Waals surface area contributed by atoms with Crippen LogP contribution in [0.4, 0.5) is 26.3 Å². The second kappa shape index (κ2) is 9.77. The molecule has 15 heteroatoms. The molecule has 0 saturated heterocycles. The number of hydrogen-bond acceptors (Lipinski definition) is 4. The van der Waals surface area contributed by atoms with Crippen molar-refractivity contribution < 1.29 is 45.2 Å². The maximum absolute atomic E-state index is 12.6. The largest absolute Gasteiger partial charge is 1.00 e. The molecular formula is C18H7Cl2F6LiN4O2. The van der Waals surface area contributed by atoms with Crippen molar-refractivity contribution >= 4 is 45.0 Å². The Morgan fingerprint density at radius 2 is 1.39 bits per heavy atom. The van der Waals surface area contributed by atoms with Gasteiger partial charge in [0.1, 0.15) is 5.69 Å². The molecule has 4 aromatic rings. The molecule has 0 bridgehead atoms. The number of halogens is 8. The van der Waals surface area contributed by atoms with E-state index in [9.17, 15) is 35.9 Å². The van der Waals surface area contributed by atoms with Crippen molar-refractivity contribution in [3.05, 3.63) is 78.8 Å². The molecule has 0 amide bonds. The fourth-order valence-electron chi connectivity index (χ4n) is 2.64. The molecule has 2 aromatic heterocycles. The van der Waals surface area contributed by atoms with Gasteiger partial charge in [-0.1, -0.05) is 29.3 Å². The van der Waals surface area contributed by atoms with Gasteiger partial charge in [-0.2, -0.15) is 31.3 Å². The molecule has 0 radical (unpaired) electrons. The third kappa shape index (κ3) is 6.29. The number of hydrogen-bond donors (Lipinski definition) is 1. The van der Waals surface area contributed by atoms with E-state index in [4.69, 9.17) is 23.2 Å². The van der Waals surface area contributed by atoms with E-state index in [-0.39, 0.29) is 50.7 Å². The molecule has 1 N–H and O–H groups in total. The molecule has 0 aliphatic carbocycles. The van der Waals surface area contributed by atoms with Gasteiger partial charge in [0.25, 0.3) is 0 Å². The first-order valence-electron chi connectivity index (χ1n) is 8.24. The summed E-state index contributed by atoms with van der Waals surface area (Å²) in [4.78, 5) is 33.1. The number of rotatable bonds is 0. The second-order valence-electron chi connectivity index (χ2n) is 6.09. The number of benzene rings is 2. The van der Waals surface area contributed by atoms with Crippen molar-refractivity contribution in [1.29, 1.82) is 0 Å². The van der Waals surface area contributed by atoms with E-state index in [2.05, 4.69) is 15.0 Å². The van der Waals surface area contributed by atoms with E-state index in [1.165, 1.54) is 24.3 Å². The molecule has 4 rings (SSSR count). The van der Waals surface area contributed by atoms with Crippen LogP contribution in [0.2, 0.25) is 10.0 Å². The van der Waals surface area contributed by atoms with Gasteiger partial charge in [0.15, 0.2) is 5.69 Å². The zero-order valence-corrected chi connectivity index (χ0v) is 17.7. The second-order valence-corrected chi connectivity index (χ2v) is 6.96. The maximum atomic E-state index is 12.6. The molecule has 0 spiro atoms. The van der Waals surface area contributed by atoms with Crippen LogP contribution in [0.1, 0.15) is 11.4 Å². The zero-order chi connectivity index (χ0) is 23.8.